The fraction of sp³-hybridized carbons (Fsp3) is 0.625. The molecule has 1 unspecified atom stereocenters. The van der Waals surface area contributed by atoms with Crippen molar-refractivity contribution in [3.05, 3.63) is 28.7 Å². The molecule has 1 N–H and O–H groups in total. The summed E-state index contributed by atoms with van der Waals surface area (Å²) in [5.74, 6) is 0.230. The molecular formula is C16H25N3O4S. The summed E-state index contributed by atoms with van der Waals surface area (Å²) in [6.45, 7) is 5.96. The number of aromatic nitrogens is 1. The van der Waals surface area contributed by atoms with E-state index in [1.54, 1.807) is 13.8 Å². The fourth-order valence-corrected chi connectivity index (χ4v) is 4.14. The van der Waals surface area contributed by atoms with Gasteiger partial charge >= 0.3 is 0 Å². The molecule has 0 spiro atoms. The minimum absolute atomic E-state index is 0.0221. The number of nitrogens with zero attached hydrogens (tertiary/aromatic N) is 2. The molecule has 134 valence electrons. The third-order valence-electron chi connectivity index (χ3n) is 4.33. The highest BCUT2D eigenvalue weighted by atomic mass is 32.2. The van der Waals surface area contributed by atoms with E-state index in [9.17, 15) is 18.0 Å². The van der Waals surface area contributed by atoms with Crippen molar-refractivity contribution in [2.75, 3.05) is 13.1 Å². The Balaban J connectivity index is 2.19. The van der Waals surface area contributed by atoms with Crippen LogP contribution in [-0.2, 0) is 21.4 Å². The molecule has 0 aromatic carbocycles. The van der Waals surface area contributed by atoms with Crippen LogP contribution in [0.15, 0.2) is 28.0 Å². The van der Waals surface area contributed by atoms with Crippen molar-refractivity contribution in [1.82, 2.24) is 14.2 Å². The van der Waals surface area contributed by atoms with Crippen molar-refractivity contribution in [3.8, 4) is 0 Å². The van der Waals surface area contributed by atoms with Gasteiger partial charge < -0.3 is 9.88 Å². The van der Waals surface area contributed by atoms with Crippen LogP contribution < -0.4 is 10.9 Å². The van der Waals surface area contributed by atoms with Crippen LogP contribution in [0.5, 0.6) is 0 Å². The first kappa shape index (κ1) is 18.7. The Kier molecular flexibility index (Phi) is 5.82. The van der Waals surface area contributed by atoms with Gasteiger partial charge in [-0.2, -0.15) is 4.31 Å². The second kappa shape index (κ2) is 7.48. The second-order valence-electron chi connectivity index (χ2n) is 6.11. The van der Waals surface area contributed by atoms with Gasteiger partial charge in [0.15, 0.2) is 0 Å². The average molecular weight is 355 g/mol. The Morgan fingerprint density at radius 3 is 2.50 bits per heavy atom. The lowest BCUT2D eigenvalue weighted by molar-refractivity contribution is -0.122. The molecule has 1 aromatic rings. The van der Waals surface area contributed by atoms with Gasteiger partial charge in [0.2, 0.25) is 15.9 Å². The Labute approximate surface area is 142 Å². The summed E-state index contributed by atoms with van der Waals surface area (Å²) < 4.78 is 27.5. The molecule has 8 heteroatoms. The molecule has 1 atom stereocenters. The zero-order chi connectivity index (χ0) is 17.9. The molecule has 2 rings (SSSR count). The van der Waals surface area contributed by atoms with Crippen LogP contribution in [0.3, 0.4) is 0 Å². The van der Waals surface area contributed by atoms with Crippen LogP contribution in [0.2, 0.25) is 0 Å². The number of nitrogens with one attached hydrogen (secondary N) is 1. The Morgan fingerprint density at radius 2 is 1.96 bits per heavy atom. The number of hydrogen-bond donors (Lipinski definition) is 1. The molecule has 1 aliphatic carbocycles. The summed E-state index contributed by atoms with van der Waals surface area (Å²) in [5.41, 5.74) is -0.400. The quantitative estimate of drug-likeness (QED) is 0.747. The molecule has 1 heterocycles. The van der Waals surface area contributed by atoms with Gasteiger partial charge in [-0.25, -0.2) is 8.42 Å². The third-order valence-corrected chi connectivity index (χ3v) is 6.36. The molecule has 1 fully saturated rings. The number of sulfonamides is 1. The Bertz CT molecular complexity index is 749. The standard InChI is InChI=1S/C16H25N3O4S/c1-4-19(5-2)24(22,23)14-8-9-16(21)18(10-14)11-15(20)17-12(3)13-6-7-13/h8-10,12-13H,4-7,11H2,1-3H3,(H,17,20). The number of carbonyl (C=O) groups is 1. The van der Waals surface area contributed by atoms with Crippen LogP contribution in [0.25, 0.3) is 0 Å². The lowest BCUT2D eigenvalue weighted by atomic mass is 10.2. The van der Waals surface area contributed by atoms with Crippen molar-refractivity contribution >= 4 is 15.9 Å². The predicted octanol–water partition coefficient (Wildman–Crippen LogP) is 0.794. The van der Waals surface area contributed by atoms with E-state index in [1.165, 1.54) is 22.6 Å². The first-order chi connectivity index (χ1) is 11.3. The van der Waals surface area contributed by atoms with E-state index >= 15 is 0 Å². The van der Waals surface area contributed by atoms with Gasteiger partial charge in [-0.3, -0.25) is 9.59 Å². The van der Waals surface area contributed by atoms with E-state index in [0.29, 0.717) is 19.0 Å². The maximum Gasteiger partial charge on any atom is 0.251 e. The fourth-order valence-electron chi connectivity index (χ4n) is 2.67. The molecule has 7 nitrogen and oxygen atoms in total. The summed E-state index contributed by atoms with van der Waals surface area (Å²) in [4.78, 5) is 24.1. The third kappa shape index (κ3) is 4.24. The minimum Gasteiger partial charge on any atom is -0.352 e. The highest BCUT2D eigenvalue weighted by Gasteiger charge is 2.29. The molecule has 1 aromatic heterocycles. The lowest BCUT2D eigenvalue weighted by Crippen LogP contribution is -2.38. The molecule has 24 heavy (non-hydrogen) atoms. The molecule has 0 bridgehead atoms. The van der Waals surface area contributed by atoms with E-state index in [-0.39, 0.29) is 23.4 Å². The predicted molar refractivity (Wildman–Crippen MR) is 91.1 cm³/mol. The molecular weight excluding hydrogens is 330 g/mol. The summed E-state index contributed by atoms with van der Waals surface area (Å²) in [7, 11) is -3.66. The van der Waals surface area contributed by atoms with Gasteiger partial charge in [0.05, 0.1) is 4.90 Å². The highest BCUT2D eigenvalue weighted by molar-refractivity contribution is 7.89. The monoisotopic (exact) mass is 355 g/mol. The first-order valence-electron chi connectivity index (χ1n) is 8.29. The van der Waals surface area contributed by atoms with Crippen molar-refractivity contribution < 1.29 is 13.2 Å². The van der Waals surface area contributed by atoms with Gasteiger partial charge in [0.1, 0.15) is 6.54 Å². The smallest absolute Gasteiger partial charge is 0.251 e. The summed E-state index contributed by atoms with van der Waals surface area (Å²) >= 11 is 0. The van der Waals surface area contributed by atoms with Crippen LogP contribution in [0, 0.1) is 5.92 Å². The van der Waals surface area contributed by atoms with Gasteiger partial charge in [-0.05, 0) is 31.7 Å². The van der Waals surface area contributed by atoms with Crippen molar-refractivity contribution in [2.24, 2.45) is 5.92 Å². The van der Waals surface area contributed by atoms with E-state index in [0.717, 1.165) is 17.4 Å². The summed E-state index contributed by atoms with van der Waals surface area (Å²) in [6, 6.07) is 2.56. The maximum absolute atomic E-state index is 12.5. The first-order valence-corrected chi connectivity index (χ1v) is 9.73. The van der Waals surface area contributed by atoms with Crippen molar-refractivity contribution in [2.45, 2.75) is 51.1 Å². The molecule has 0 saturated heterocycles. The van der Waals surface area contributed by atoms with Gasteiger partial charge in [-0.1, -0.05) is 13.8 Å². The molecule has 1 aliphatic rings. The minimum atomic E-state index is -3.66. The zero-order valence-corrected chi connectivity index (χ0v) is 15.2. The summed E-state index contributed by atoms with van der Waals surface area (Å²) in [6.07, 6.45) is 3.47. The number of hydrogen-bond acceptors (Lipinski definition) is 4. The zero-order valence-electron chi connectivity index (χ0n) is 14.4. The summed E-state index contributed by atoms with van der Waals surface area (Å²) in [5, 5.41) is 2.86. The topological polar surface area (TPSA) is 88.5 Å². The van der Waals surface area contributed by atoms with E-state index in [4.69, 9.17) is 0 Å². The number of carbonyl (C=O) groups excluding carboxylic acids is 1. The lowest BCUT2D eigenvalue weighted by Gasteiger charge is -2.19. The molecule has 0 radical (unpaired) electrons. The van der Waals surface area contributed by atoms with Crippen LogP contribution >= 0.6 is 0 Å². The van der Waals surface area contributed by atoms with E-state index in [1.807, 2.05) is 6.92 Å². The Morgan fingerprint density at radius 1 is 1.33 bits per heavy atom. The highest BCUT2D eigenvalue weighted by Crippen LogP contribution is 2.32. The number of amides is 1. The number of rotatable bonds is 8. The average Bonchev–Trinajstić information content (AvgIpc) is 3.35. The van der Waals surface area contributed by atoms with Crippen molar-refractivity contribution in [3.63, 3.8) is 0 Å². The number of pyridine rings is 1. The second-order valence-corrected chi connectivity index (χ2v) is 8.05. The van der Waals surface area contributed by atoms with Gasteiger partial charge in [0.25, 0.3) is 5.56 Å². The van der Waals surface area contributed by atoms with Crippen LogP contribution in [0.4, 0.5) is 0 Å². The Hall–Kier alpha value is -1.67. The molecule has 1 saturated carbocycles. The largest absolute Gasteiger partial charge is 0.352 e. The normalized spacial score (nSPS) is 16.2. The van der Waals surface area contributed by atoms with Crippen LogP contribution in [-0.4, -0.2) is 42.3 Å². The van der Waals surface area contributed by atoms with Gasteiger partial charge in [-0.15, -0.1) is 0 Å². The SMILES string of the molecule is CCN(CC)S(=O)(=O)c1ccc(=O)n(CC(=O)NC(C)C2CC2)c1. The van der Waals surface area contributed by atoms with Crippen molar-refractivity contribution in [1.29, 1.82) is 0 Å². The molecule has 1 amide bonds. The maximum atomic E-state index is 12.5. The van der Waals surface area contributed by atoms with Crippen LogP contribution in [0.1, 0.15) is 33.6 Å². The van der Waals surface area contributed by atoms with E-state index < -0.39 is 15.6 Å². The van der Waals surface area contributed by atoms with Gasteiger partial charge in [0, 0.05) is 31.4 Å². The van der Waals surface area contributed by atoms with E-state index in [2.05, 4.69) is 5.32 Å². The molecule has 0 aliphatic heterocycles.